The summed E-state index contributed by atoms with van der Waals surface area (Å²) in [6.07, 6.45) is 2.28. The van der Waals surface area contributed by atoms with Crippen molar-refractivity contribution in [1.29, 1.82) is 5.26 Å². The lowest BCUT2D eigenvalue weighted by Gasteiger charge is -2.23. The fraction of sp³-hybridized carbons (Fsp3) is 0.381. The predicted molar refractivity (Wildman–Crippen MR) is 99.5 cm³/mol. The van der Waals surface area contributed by atoms with Crippen molar-refractivity contribution in [3.05, 3.63) is 68.1 Å². The van der Waals surface area contributed by atoms with Crippen LogP contribution in [0.15, 0.2) is 23.0 Å². The fourth-order valence-corrected chi connectivity index (χ4v) is 3.44. The van der Waals surface area contributed by atoms with Crippen molar-refractivity contribution in [3.8, 4) is 6.07 Å². The van der Waals surface area contributed by atoms with Crippen LogP contribution in [0.5, 0.6) is 0 Å². The average Bonchev–Trinajstić information content (AvgIpc) is 3.45. The maximum absolute atomic E-state index is 14.0. The van der Waals surface area contributed by atoms with E-state index < -0.39 is 17.2 Å². The number of aromatic amines is 1. The van der Waals surface area contributed by atoms with Crippen LogP contribution in [0, 0.1) is 36.8 Å². The minimum Gasteiger partial charge on any atom is -0.335 e. The van der Waals surface area contributed by atoms with Crippen LogP contribution < -0.4 is 5.56 Å². The van der Waals surface area contributed by atoms with Crippen molar-refractivity contribution in [1.82, 2.24) is 9.88 Å². The van der Waals surface area contributed by atoms with Crippen LogP contribution in [0.1, 0.15) is 47.2 Å². The highest BCUT2D eigenvalue weighted by Gasteiger charge is 2.33. The van der Waals surface area contributed by atoms with Gasteiger partial charge in [-0.25, -0.2) is 8.78 Å². The van der Waals surface area contributed by atoms with Crippen molar-refractivity contribution in [2.75, 3.05) is 0 Å². The zero-order valence-electron chi connectivity index (χ0n) is 15.8. The molecule has 0 aliphatic heterocycles. The highest BCUT2D eigenvalue weighted by Crippen LogP contribution is 2.30. The smallest absolute Gasteiger partial charge is 0.266 e. The van der Waals surface area contributed by atoms with E-state index in [0.29, 0.717) is 17.7 Å². The second kappa shape index (κ2) is 7.93. The Morgan fingerprint density at radius 3 is 2.64 bits per heavy atom. The molecule has 1 aliphatic carbocycles. The standard InChI is InChI=1S/C21H21F2N3O2/c1-12-17(13(2)25-21(28)18(12)10-24)7-8-20(27)26(16-5-6-16)11-14-3-4-15(22)9-19(14)23/h3-4,9,16H,5-8,11H2,1-2H3,(H,25,28). The number of nitrogens with zero attached hydrogens (tertiary/aromatic N) is 2. The molecule has 1 N–H and O–H groups in total. The molecule has 0 spiro atoms. The highest BCUT2D eigenvalue weighted by molar-refractivity contribution is 5.77. The van der Waals surface area contributed by atoms with E-state index in [1.807, 2.05) is 6.07 Å². The molecule has 1 saturated carbocycles. The van der Waals surface area contributed by atoms with Crippen LogP contribution in [0.25, 0.3) is 0 Å². The molecule has 0 unspecified atom stereocenters. The van der Waals surface area contributed by atoms with Crippen molar-refractivity contribution in [2.24, 2.45) is 0 Å². The van der Waals surface area contributed by atoms with Gasteiger partial charge in [-0.2, -0.15) is 5.26 Å². The molecule has 1 aromatic heterocycles. The molecule has 0 atom stereocenters. The lowest BCUT2D eigenvalue weighted by Crippen LogP contribution is -2.33. The number of carbonyl (C=O) groups is 1. The average molecular weight is 385 g/mol. The number of aryl methyl sites for hydroxylation is 1. The Morgan fingerprint density at radius 1 is 1.32 bits per heavy atom. The van der Waals surface area contributed by atoms with Crippen molar-refractivity contribution < 1.29 is 13.6 Å². The molecule has 146 valence electrons. The third-order valence-electron chi connectivity index (χ3n) is 5.17. The summed E-state index contributed by atoms with van der Waals surface area (Å²) in [5, 5.41) is 9.16. The first-order valence-electron chi connectivity index (χ1n) is 9.17. The Bertz CT molecular complexity index is 1020. The number of benzene rings is 1. The summed E-state index contributed by atoms with van der Waals surface area (Å²) in [6, 6.07) is 5.34. The molecule has 0 saturated heterocycles. The first-order valence-corrected chi connectivity index (χ1v) is 9.17. The van der Waals surface area contributed by atoms with E-state index in [0.717, 1.165) is 24.5 Å². The minimum absolute atomic E-state index is 0.0560. The molecule has 1 heterocycles. The number of nitrogens with one attached hydrogen (secondary N) is 1. The predicted octanol–water partition coefficient (Wildman–Crippen LogP) is 3.27. The topological polar surface area (TPSA) is 77.0 Å². The normalized spacial score (nSPS) is 13.2. The number of hydrogen-bond acceptors (Lipinski definition) is 3. The first kappa shape index (κ1) is 19.7. The van der Waals surface area contributed by atoms with E-state index in [1.165, 1.54) is 12.1 Å². The number of H-pyrrole nitrogens is 1. The number of nitriles is 1. The molecular weight excluding hydrogens is 364 g/mol. The van der Waals surface area contributed by atoms with Gasteiger partial charge in [0.05, 0.1) is 0 Å². The third kappa shape index (κ3) is 4.11. The molecule has 5 nitrogen and oxygen atoms in total. The number of carbonyl (C=O) groups excluding carboxylic acids is 1. The summed E-state index contributed by atoms with van der Waals surface area (Å²) in [6.45, 7) is 3.54. The van der Waals surface area contributed by atoms with Crippen LogP contribution in [0.3, 0.4) is 0 Å². The van der Waals surface area contributed by atoms with Gasteiger partial charge in [-0.3, -0.25) is 9.59 Å². The molecule has 2 aromatic rings. The van der Waals surface area contributed by atoms with Gasteiger partial charge in [-0.05, 0) is 50.3 Å². The van der Waals surface area contributed by atoms with Crippen molar-refractivity contribution in [2.45, 2.75) is 52.1 Å². The fourth-order valence-electron chi connectivity index (χ4n) is 3.44. The summed E-state index contributed by atoms with van der Waals surface area (Å²) in [5.74, 6) is -1.44. The van der Waals surface area contributed by atoms with Gasteiger partial charge in [0.1, 0.15) is 23.3 Å². The molecule has 1 amide bonds. The first-order chi connectivity index (χ1) is 13.3. The number of halogens is 2. The van der Waals surface area contributed by atoms with Crippen LogP contribution in [-0.4, -0.2) is 21.8 Å². The molecule has 28 heavy (non-hydrogen) atoms. The highest BCUT2D eigenvalue weighted by atomic mass is 19.1. The molecule has 0 radical (unpaired) electrons. The van der Waals surface area contributed by atoms with Gasteiger partial charge in [0.2, 0.25) is 5.91 Å². The Labute approximate surface area is 161 Å². The Kier molecular flexibility index (Phi) is 5.59. The third-order valence-corrected chi connectivity index (χ3v) is 5.17. The zero-order chi connectivity index (χ0) is 20.4. The van der Waals surface area contributed by atoms with E-state index in [9.17, 15) is 18.4 Å². The molecular formula is C21H21F2N3O2. The van der Waals surface area contributed by atoms with Crippen LogP contribution in [-0.2, 0) is 17.8 Å². The molecule has 3 rings (SSSR count). The summed E-state index contributed by atoms with van der Waals surface area (Å²) >= 11 is 0. The lowest BCUT2D eigenvalue weighted by atomic mass is 9.99. The van der Waals surface area contributed by atoms with Crippen molar-refractivity contribution >= 4 is 5.91 Å². The van der Waals surface area contributed by atoms with E-state index in [-0.39, 0.29) is 36.0 Å². The SMILES string of the molecule is Cc1[nH]c(=O)c(C#N)c(C)c1CCC(=O)N(Cc1ccc(F)cc1F)C1CC1. The molecule has 1 fully saturated rings. The number of amides is 1. The van der Waals surface area contributed by atoms with Gasteiger partial charge in [0, 0.05) is 36.3 Å². The Hall–Kier alpha value is -3.01. The monoisotopic (exact) mass is 385 g/mol. The van der Waals surface area contributed by atoms with E-state index >= 15 is 0 Å². The Balaban J connectivity index is 1.76. The van der Waals surface area contributed by atoms with Crippen LogP contribution in [0.4, 0.5) is 8.78 Å². The molecule has 1 aromatic carbocycles. The largest absolute Gasteiger partial charge is 0.335 e. The Morgan fingerprint density at radius 2 is 2.04 bits per heavy atom. The zero-order valence-corrected chi connectivity index (χ0v) is 15.8. The van der Waals surface area contributed by atoms with Gasteiger partial charge >= 0.3 is 0 Å². The summed E-state index contributed by atoms with van der Waals surface area (Å²) in [5.41, 5.74) is 1.90. The number of aromatic nitrogens is 1. The van der Waals surface area contributed by atoms with Gasteiger partial charge < -0.3 is 9.88 Å². The quantitative estimate of drug-likeness (QED) is 0.829. The maximum atomic E-state index is 14.0. The maximum Gasteiger partial charge on any atom is 0.266 e. The lowest BCUT2D eigenvalue weighted by molar-refractivity contribution is -0.132. The van der Waals surface area contributed by atoms with Crippen LogP contribution >= 0.6 is 0 Å². The van der Waals surface area contributed by atoms with Gasteiger partial charge in [-0.15, -0.1) is 0 Å². The number of rotatable bonds is 6. The summed E-state index contributed by atoms with van der Waals surface area (Å²) < 4.78 is 27.1. The second-order valence-electron chi connectivity index (χ2n) is 7.16. The van der Waals surface area contributed by atoms with E-state index in [4.69, 9.17) is 5.26 Å². The number of pyridine rings is 1. The van der Waals surface area contributed by atoms with Gasteiger partial charge in [0.15, 0.2) is 0 Å². The van der Waals surface area contributed by atoms with Gasteiger partial charge in [-0.1, -0.05) is 6.07 Å². The minimum atomic E-state index is -0.663. The number of hydrogen-bond donors (Lipinski definition) is 1. The summed E-state index contributed by atoms with van der Waals surface area (Å²) in [4.78, 5) is 28.9. The van der Waals surface area contributed by atoms with E-state index in [2.05, 4.69) is 4.98 Å². The van der Waals surface area contributed by atoms with E-state index in [1.54, 1.807) is 18.7 Å². The summed E-state index contributed by atoms with van der Waals surface area (Å²) in [7, 11) is 0. The molecule has 1 aliphatic rings. The molecule has 0 bridgehead atoms. The van der Waals surface area contributed by atoms with Crippen LogP contribution in [0.2, 0.25) is 0 Å². The second-order valence-corrected chi connectivity index (χ2v) is 7.16. The molecule has 7 heteroatoms. The van der Waals surface area contributed by atoms with Crippen molar-refractivity contribution in [3.63, 3.8) is 0 Å². The van der Waals surface area contributed by atoms with Gasteiger partial charge in [0.25, 0.3) is 5.56 Å².